The number of nitrogens with one attached hydrogen (secondary N) is 2. The van der Waals surface area contributed by atoms with Crippen molar-refractivity contribution in [1.82, 2.24) is 0 Å². The average Bonchev–Trinajstić information content (AvgIpc) is 3.57. The summed E-state index contributed by atoms with van der Waals surface area (Å²) in [5.74, 6) is 1.34. The molecule has 0 aromatic heterocycles. The molecule has 0 saturated heterocycles. The third kappa shape index (κ3) is 5.28. The Balaban J connectivity index is 1.67. The number of carbonyl (C=O) groups is 2. The Labute approximate surface area is 169 Å². The van der Waals surface area contributed by atoms with E-state index in [0.717, 1.165) is 18.4 Å². The van der Waals surface area contributed by atoms with Gasteiger partial charge < -0.3 is 24.8 Å². The van der Waals surface area contributed by atoms with Gasteiger partial charge in [0.1, 0.15) is 0 Å². The van der Waals surface area contributed by atoms with Crippen LogP contribution < -0.4 is 24.8 Å². The van der Waals surface area contributed by atoms with Crippen LogP contribution in [0.3, 0.4) is 0 Å². The van der Waals surface area contributed by atoms with Gasteiger partial charge in [-0.25, -0.2) is 0 Å². The molecular formula is C22H24N2O5. The minimum atomic E-state index is -0.301. The van der Waals surface area contributed by atoms with E-state index in [2.05, 4.69) is 10.6 Å². The van der Waals surface area contributed by atoms with Crippen LogP contribution in [0.5, 0.6) is 17.2 Å². The van der Waals surface area contributed by atoms with E-state index < -0.39 is 0 Å². The minimum Gasteiger partial charge on any atom is -0.493 e. The molecule has 2 aromatic carbocycles. The van der Waals surface area contributed by atoms with Crippen molar-refractivity contribution in [2.45, 2.75) is 12.8 Å². The second kappa shape index (κ2) is 9.14. The Morgan fingerprint density at radius 3 is 2.10 bits per heavy atom. The molecule has 2 N–H and O–H groups in total. The van der Waals surface area contributed by atoms with Crippen LogP contribution in [0.1, 0.15) is 18.4 Å². The van der Waals surface area contributed by atoms with Crippen molar-refractivity contribution in [2.24, 2.45) is 5.92 Å². The van der Waals surface area contributed by atoms with Gasteiger partial charge in [0, 0.05) is 23.4 Å². The maximum Gasteiger partial charge on any atom is 0.248 e. The van der Waals surface area contributed by atoms with Crippen molar-refractivity contribution in [2.75, 3.05) is 32.0 Å². The number of carbonyl (C=O) groups excluding carboxylic acids is 2. The van der Waals surface area contributed by atoms with Crippen LogP contribution in [0.2, 0.25) is 0 Å². The van der Waals surface area contributed by atoms with Gasteiger partial charge in [0.25, 0.3) is 0 Å². The molecule has 3 rings (SSSR count). The highest BCUT2D eigenvalue weighted by molar-refractivity contribution is 6.02. The summed E-state index contributed by atoms with van der Waals surface area (Å²) >= 11 is 0. The zero-order chi connectivity index (χ0) is 20.8. The molecule has 152 valence electrons. The van der Waals surface area contributed by atoms with Crippen molar-refractivity contribution in [3.05, 3.63) is 48.0 Å². The smallest absolute Gasteiger partial charge is 0.248 e. The maximum atomic E-state index is 12.3. The molecule has 0 unspecified atom stereocenters. The second-order valence-corrected chi connectivity index (χ2v) is 6.63. The van der Waals surface area contributed by atoms with E-state index in [-0.39, 0.29) is 17.7 Å². The van der Waals surface area contributed by atoms with Crippen molar-refractivity contribution in [3.63, 3.8) is 0 Å². The summed E-state index contributed by atoms with van der Waals surface area (Å²) in [6, 6.07) is 10.6. The van der Waals surface area contributed by atoms with E-state index in [1.807, 2.05) is 0 Å². The highest BCUT2D eigenvalue weighted by Crippen LogP contribution is 2.38. The lowest BCUT2D eigenvalue weighted by atomic mass is 10.1. The predicted octanol–water partition coefficient (Wildman–Crippen LogP) is 3.71. The summed E-state index contributed by atoms with van der Waals surface area (Å²) < 4.78 is 15.9. The molecule has 7 nitrogen and oxygen atoms in total. The molecule has 1 saturated carbocycles. The lowest BCUT2D eigenvalue weighted by Gasteiger charge is -2.12. The molecule has 2 amide bonds. The van der Waals surface area contributed by atoms with E-state index in [1.54, 1.807) is 42.5 Å². The van der Waals surface area contributed by atoms with Gasteiger partial charge in [-0.2, -0.15) is 0 Å². The summed E-state index contributed by atoms with van der Waals surface area (Å²) in [4.78, 5) is 24.2. The first-order chi connectivity index (χ1) is 14.0. The first-order valence-electron chi connectivity index (χ1n) is 9.24. The van der Waals surface area contributed by atoms with E-state index in [0.29, 0.717) is 28.6 Å². The Morgan fingerprint density at radius 1 is 0.931 bits per heavy atom. The standard InChI is InChI=1S/C22H24N2O5/c1-27-18-11-14(12-19(28-2)21(18)29-3)7-10-20(25)23-16-5-4-6-17(13-16)24-22(26)15-8-9-15/h4-7,10-13,15H,8-9H2,1-3H3,(H,23,25)(H,24,26)/b10-7+. The molecular weight excluding hydrogens is 372 g/mol. The molecule has 1 aliphatic rings. The number of hydrogen-bond acceptors (Lipinski definition) is 5. The number of ether oxygens (including phenoxy) is 3. The second-order valence-electron chi connectivity index (χ2n) is 6.63. The van der Waals surface area contributed by atoms with Gasteiger partial charge in [0.2, 0.25) is 17.6 Å². The van der Waals surface area contributed by atoms with Gasteiger partial charge in [-0.05, 0) is 54.8 Å². The average molecular weight is 396 g/mol. The molecule has 7 heteroatoms. The number of rotatable bonds is 8. The Bertz CT molecular complexity index is 910. The number of benzene rings is 2. The quantitative estimate of drug-likeness (QED) is 0.665. The van der Waals surface area contributed by atoms with E-state index in [1.165, 1.54) is 27.4 Å². The molecule has 0 radical (unpaired) electrons. The fourth-order valence-corrected chi connectivity index (χ4v) is 2.82. The minimum absolute atomic E-state index is 0.0239. The van der Waals surface area contributed by atoms with Crippen LogP contribution in [-0.2, 0) is 9.59 Å². The third-order valence-electron chi connectivity index (χ3n) is 4.46. The zero-order valence-electron chi connectivity index (χ0n) is 16.7. The molecule has 1 fully saturated rings. The lowest BCUT2D eigenvalue weighted by Crippen LogP contribution is -2.14. The first kappa shape index (κ1) is 20.3. The number of anilines is 2. The van der Waals surface area contributed by atoms with Crippen molar-refractivity contribution >= 4 is 29.3 Å². The summed E-state index contributed by atoms with van der Waals surface area (Å²) in [6.07, 6.45) is 4.94. The monoisotopic (exact) mass is 396 g/mol. The fourth-order valence-electron chi connectivity index (χ4n) is 2.82. The van der Waals surface area contributed by atoms with Crippen LogP contribution >= 0.6 is 0 Å². The molecule has 1 aliphatic carbocycles. The highest BCUT2D eigenvalue weighted by Gasteiger charge is 2.29. The van der Waals surface area contributed by atoms with Crippen LogP contribution in [-0.4, -0.2) is 33.1 Å². The van der Waals surface area contributed by atoms with Crippen LogP contribution in [0, 0.1) is 5.92 Å². The maximum absolute atomic E-state index is 12.3. The Morgan fingerprint density at radius 2 is 1.55 bits per heavy atom. The number of methoxy groups -OCH3 is 3. The van der Waals surface area contributed by atoms with Gasteiger partial charge in [-0.15, -0.1) is 0 Å². The molecule has 2 aromatic rings. The topological polar surface area (TPSA) is 85.9 Å². The largest absolute Gasteiger partial charge is 0.493 e. The fraction of sp³-hybridized carbons (Fsp3) is 0.273. The molecule has 0 spiro atoms. The van der Waals surface area contributed by atoms with Gasteiger partial charge in [-0.1, -0.05) is 6.07 Å². The van der Waals surface area contributed by atoms with Crippen molar-refractivity contribution < 1.29 is 23.8 Å². The van der Waals surface area contributed by atoms with Crippen LogP contribution in [0.4, 0.5) is 11.4 Å². The number of amides is 2. The van der Waals surface area contributed by atoms with Gasteiger partial charge in [0.05, 0.1) is 21.3 Å². The summed E-state index contributed by atoms with van der Waals surface area (Å²) in [5.41, 5.74) is 1.98. The SMILES string of the molecule is COc1cc(/C=C/C(=O)Nc2cccc(NC(=O)C3CC3)c2)cc(OC)c1OC. The predicted molar refractivity (Wildman–Crippen MR) is 112 cm³/mol. The Kier molecular flexibility index (Phi) is 6.39. The molecule has 0 atom stereocenters. The summed E-state index contributed by atoms with van der Waals surface area (Å²) in [7, 11) is 4.60. The number of hydrogen-bond donors (Lipinski definition) is 2. The Hall–Kier alpha value is -3.48. The molecule has 0 heterocycles. The molecule has 29 heavy (non-hydrogen) atoms. The normalized spacial score (nSPS) is 13.1. The highest BCUT2D eigenvalue weighted by atomic mass is 16.5. The van der Waals surface area contributed by atoms with Gasteiger partial charge >= 0.3 is 0 Å². The van der Waals surface area contributed by atoms with E-state index in [9.17, 15) is 9.59 Å². The van der Waals surface area contributed by atoms with Crippen molar-refractivity contribution in [3.8, 4) is 17.2 Å². The van der Waals surface area contributed by atoms with E-state index >= 15 is 0 Å². The molecule has 0 aliphatic heterocycles. The van der Waals surface area contributed by atoms with Crippen LogP contribution in [0.15, 0.2) is 42.5 Å². The van der Waals surface area contributed by atoms with Crippen molar-refractivity contribution in [1.29, 1.82) is 0 Å². The molecule has 0 bridgehead atoms. The first-order valence-corrected chi connectivity index (χ1v) is 9.24. The van der Waals surface area contributed by atoms with Crippen LogP contribution in [0.25, 0.3) is 6.08 Å². The zero-order valence-corrected chi connectivity index (χ0v) is 16.7. The third-order valence-corrected chi connectivity index (χ3v) is 4.46. The van der Waals surface area contributed by atoms with E-state index in [4.69, 9.17) is 14.2 Å². The lowest BCUT2D eigenvalue weighted by molar-refractivity contribution is -0.117. The van der Waals surface area contributed by atoms with Gasteiger partial charge in [-0.3, -0.25) is 9.59 Å². The van der Waals surface area contributed by atoms with Gasteiger partial charge in [0.15, 0.2) is 11.5 Å². The summed E-state index contributed by atoms with van der Waals surface area (Å²) in [6.45, 7) is 0. The summed E-state index contributed by atoms with van der Waals surface area (Å²) in [5, 5.41) is 5.65.